The normalized spacial score (nSPS) is 12.0. The smallest absolute Gasteiger partial charge is 0.387 e. The standard InChI is InChI=1S/H6N2O2Si/c1-5(2,3)4/h3-4H,1-2H2. The minimum Gasteiger partial charge on any atom is -0.387 e. The highest BCUT2D eigenvalue weighted by Crippen LogP contribution is 1.52. The Kier molecular flexibility index (Phi) is 1.05. The second-order valence-electron chi connectivity index (χ2n) is 0.783. The Morgan fingerprint density at radius 1 is 1.20 bits per heavy atom. The van der Waals surface area contributed by atoms with E-state index in [1.165, 1.54) is 0 Å². The van der Waals surface area contributed by atoms with E-state index in [9.17, 15) is 0 Å². The summed E-state index contributed by atoms with van der Waals surface area (Å²) < 4.78 is 0. The molecule has 6 N–H and O–H groups in total. The number of hydrogen-bond acceptors (Lipinski definition) is 4. The molecule has 0 amide bonds. The first-order valence-electron chi connectivity index (χ1n) is 1.02. The van der Waals surface area contributed by atoms with Gasteiger partial charge in [0.2, 0.25) is 0 Å². The van der Waals surface area contributed by atoms with Gasteiger partial charge >= 0.3 is 8.88 Å². The quantitative estimate of drug-likeness (QED) is 0.246. The van der Waals surface area contributed by atoms with Crippen LogP contribution in [0.1, 0.15) is 0 Å². The van der Waals surface area contributed by atoms with Crippen molar-refractivity contribution in [3.8, 4) is 0 Å². The van der Waals surface area contributed by atoms with Crippen molar-refractivity contribution >= 4 is 8.88 Å². The van der Waals surface area contributed by atoms with Crippen LogP contribution in [0.25, 0.3) is 0 Å². The maximum Gasteiger partial charge on any atom is 0.505 e. The molecule has 0 aromatic rings. The zero-order chi connectivity index (χ0) is 4.50. The van der Waals surface area contributed by atoms with Gasteiger partial charge < -0.3 is 9.59 Å². The van der Waals surface area contributed by atoms with Gasteiger partial charge in [0.25, 0.3) is 0 Å². The van der Waals surface area contributed by atoms with Crippen molar-refractivity contribution in [2.24, 2.45) is 10.8 Å². The van der Waals surface area contributed by atoms with Gasteiger partial charge in [0.1, 0.15) is 0 Å². The molecule has 0 bridgehead atoms. The largest absolute Gasteiger partial charge is 0.505 e. The molecule has 0 fully saturated rings. The van der Waals surface area contributed by atoms with Gasteiger partial charge in [-0.3, -0.25) is 10.8 Å². The van der Waals surface area contributed by atoms with Gasteiger partial charge in [0.15, 0.2) is 0 Å². The first kappa shape index (κ1) is 5.06. The van der Waals surface area contributed by atoms with Crippen molar-refractivity contribution in [2.45, 2.75) is 0 Å². The summed E-state index contributed by atoms with van der Waals surface area (Å²) in [5.74, 6) is 0. The van der Waals surface area contributed by atoms with Crippen LogP contribution >= 0.6 is 0 Å². The molecule has 0 aliphatic heterocycles. The van der Waals surface area contributed by atoms with Crippen molar-refractivity contribution in [1.29, 1.82) is 0 Å². The Hall–Kier alpha value is 0.0569. The molecule has 0 aromatic carbocycles. The number of hydrogen-bond donors (Lipinski definition) is 4. The van der Waals surface area contributed by atoms with E-state index in [0.29, 0.717) is 0 Å². The van der Waals surface area contributed by atoms with Crippen LogP contribution in [0, 0.1) is 0 Å². The first-order chi connectivity index (χ1) is 2.00. The molecule has 0 aliphatic carbocycles. The SMILES string of the molecule is N[Si](N)(O)O. The highest BCUT2D eigenvalue weighted by atomic mass is 28.4. The summed E-state index contributed by atoms with van der Waals surface area (Å²) in [6, 6.07) is 0. The molecular formula is H6N2O2Si. The van der Waals surface area contributed by atoms with Crippen molar-refractivity contribution in [3.63, 3.8) is 0 Å². The van der Waals surface area contributed by atoms with Gasteiger partial charge in [-0.15, -0.1) is 0 Å². The van der Waals surface area contributed by atoms with Crippen molar-refractivity contribution in [1.82, 2.24) is 0 Å². The van der Waals surface area contributed by atoms with Crippen LogP contribution in [0.5, 0.6) is 0 Å². The fraction of sp³-hybridized carbons (Fsp3) is 0. The lowest BCUT2D eigenvalue weighted by molar-refractivity contribution is 0.365. The molecule has 32 valence electrons. The molecule has 4 nitrogen and oxygen atoms in total. The molecule has 0 heterocycles. The molecule has 5 heavy (non-hydrogen) atoms. The van der Waals surface area contributed by atoms with E-state index < -0.39 is 8.88 Å². The third kappa shape index (κ3) is 5300. The molecule has 0 saturated heterocycles. The van der Waals surface area contributed by atoms with E-state index in [4.69, 9.17) is 9.59 Å². The monoisotopic (exact) mass is 94.0 g/mol. The van der Waals surface area contributed by atoms with Gasteiger partial charge in [-0.1, -0.05) is 0 Å². The van der Waals surface area contributed by atoms with E-state index in [1.807, 2.05) is 0 Å². The Morgan fingerprint density at radius 3 is 1.20 bits per heavy atom. The molecule has 0 radical (unpaired) electrons. The Bertz CT molecular complexity index is 23.1. The topological polar surface area (TPSA) is 92.5 Å². The predicted molar refractivity (Wildman–Crippen MR) is 18.6 cm³/mol. The lowest BCUT2D eigenvalue weighted by Gasteiger charge is -1.96. The molecule has 5 heteroatoms. The molecule has 0 unspecified atom stereocenters. The van der Waals surface area contributed by atoms with E-state index in [-0.39, 0.29) is 0 Å². The summed E-state index contributed by atoms with van der Waals surface area (Å²) in [4.78, 5) is 15.5. The Morgan fingerprint density at radius 2 is 1.20 bits per heavy atom. The zero-order valence-electron chi connectivity index (χ0n) is 2.55. The molecule has 0 atom stereocenters. The molecule has 0 spiro atoms. The molecule has 0 rings (SSSR count). The predicted octanol–water partition coefficient (Wildman–Crippen LogP) is -2.68. The van der Waals surface area contributed by atoms with E-state index >= 15 is 0 Å². The summed E-state index contributed by atoms with van der Waals surface area (Å²) in [6.45, 7) is 0. The fourth-order valence-electron chi connectivity index (χ4n) is 0. The maximum absolute atomic E-state index is 7.77. The first-order valence-corrected chi connectivity index (χ1v) is 3.07. The van der Waals surface area contributed by atoms with Gasteiger partial charge in [0.05, 0.1) is 0 Å². The lowest BCUT2D eigenvalue weighted by atomic mass is 13.9. The minimum absolute atomic E-state index is 3.61. The van der Waals surface area contributed by atoms with Gasteiger partial charge in [-0.2, -0.15) is 0 Å². The molecule has 0 aliphatic rings. The minimum atomic E-state index is -3.61. The summed E-state index contributed by atoms with van der Waals surface area (Å²) >= 11 is 0. The highest BCUT2D eigenvalue weighted by Gasteiger charge is 2.13. The second kappa shape index (κ2) is 1.03. The van der Waals surface area contributed by atoms with Crippen molar-refractivity contribution in [3.05, 3.63) is 0 Å². The zero-order valence-corrected chi connectivity index (χ0v) is 3.55. The third-order valence-electron chi connectivity index (χ3n) is 0. The molecular weight excluding hydrogens is 88.1 g/mol. The number of nitrogens with two attached hydrogens (primary N) is 2. The number of rotatable bonds is 0. The average molecular weight is 94.1 g/mol. The molecule has 0 saturated carbocycles. The average Bonchev–Trinajstić information content (AvgIpc) is 0.722. The van der Waals surface area contributed by atoms with Crippen LogP contribution in [0.4, 0.5) is 0 Å². The summed E-state index contributed by atoms with van der Waals surface area (Å²) in [6.07, 6.45) is 0. The van der Waals surface area contributed by atoms with Crippen LogP contribution in [-0.4, -0.2) is 18.5 Å². The highest BCUT2D eigenvalue weighted by molar-refractivity contribution is 6.57. The summed E-state index contributed by atoms with van der Waals surface area (Å²) in [5, 5.41) is 8.76. The van der Waals surface area contributed by atoms with Gasteiger partial charge in [-0.05, 0) is 0 Å². The fourth-order valence-corrected chi connectivity index (χ4v) is 0. The van der Waals surface area contributed by atoms with Gasteiger partial charge in [-0.25, -0.2) is 0 Å². The Balaban J connectivity index is 3.02. The van der Waals surface area contributed by atoms with Crippen LogP contribution in [0.3, 0.4) is 0 Å². The van der Waals surface area contributed by atoms with E-state index in [1.54, 1.807) is 0 Å². The second-order valence-corrected chi connectivity index (χ2v) is 2.35. The third-order valence-corrected chi connectivity index (χ3v) is 0. The summed E-state index contributed by atoms with van der Waals surface area (Å²) in [7, 11) is -3.61. The van der Waals surface area contributed by atoms with Crippen LogP contribution in [0.2, 0.25) is 0 Å². The van der Waals surface area contributed by atoms with Crippen LogP contribution < -0.4 is 10.8 Å². The maximum atomic E-state index is 7.77. The van der Waals surface area contributed by atoms with E-state index in [2.05, 4.69) is 10.8 Å². The summed E-state index contributed by atoms with van der Waals surface area (Å²) in [5.41, 5.74) is 0. The van der Waals surface area contributed by atoms with Crippen LogP contribution in [-0.2, 0) is 0 Å². The van der Waals surface area contributed by atoms with Crippen LogP contribution in [0.15, 0.2) is 0 Å². The van der Waals surface area contributed by atoms with Crippen molar-refractivity contribution in [2.75, 3.05) is 0 Å². The molecule has 0 aromatic heterocycles. The van der Waals surface area contributed by atoms with Gasteiger partial charge in [0, 0.05) is 0 Å². The Labute approximate surface area is 30.4 Å². The lowest BCUT2D eigenvalue weighted by Crippen LogP contribution is -2.56. The van der Waals surface area contributed by atoms with E-state index in [0.717, 1.165) is 0 Å². The van der Waals surface area contributed by atoms with Crippen molar-refractivity contribution < 1.29 is 9.59 Å².